The molecule has 0 saturated carbocycles. The van der Waals surface area contributed by atoms with Crippen LogP contribution in [0.3, 0.4) is 0 Å². The molecule has 0 amide bonds. The third-order valence-electron chi connectivity index (χ3n) is 0.865. The minimum Gasteiger partial charge on any atom is -0.358 e. The third-order valence-corrected chi connectivity index (χ3v) is 0.865. The van der Waals surface area contributed by atoms with Gasteiger partial charge in [0.15, 0.2) is 0 Å². The summed E-state index contributed by atoms with van der Waals surface area (Å²) in [5.74, 6) is 0. The molecule has 2 heteroatoms. The van der Waals surface area contributed by atoms with E-state index in [0.29, 0.717) is 0 Å². The average Bonchev–Trinajstić information content (AvgIpc) is 1.69. The van der Waals surface area contributed by atoms with Crippen molar-refractivity contribution >= 4 is 8.41 Å². The number of aryl methyl sites for hydroxylation is 1. The van der Waals surface area contributed by atoms with E-state index in [9.17, 15) is 0 Å². The second kappa shape index (κ2) is 9.39. The van der Waals surface area contributed by atoms with E-state index in [2.05, 4.69) is 6.07 Å². The van der Waals surface area contributed by atoms with Crippen molar-refractivity contribution in [3.63, 3.8) is 0 Å². The zero-order valence-corrected chi connectivity index (χ0v) is 9.30. The van der Waals surface area contributed by atoms with Crippen molar-refractivity contribution in [2.45, 2.75) is 6.92 Å². The summed E-state index contributed by atoms with van der Waals surface area (Å²) in [6.45, 7) is 2.03. The quantitative estimate of drug-likeness (QED) is 0.448. The smallest absolute Gasteiger partial charge is 0 e. The molecule has 0 saturated heterocycles. The van der Waals surface area contributed by atoms with Crippen molar-refractivity contribution < 1.29 is 32.7 Å². The Morgan fingerprint density at radius 1 is 1.30 bits per heavy atom. The van der Waals surface area contributed by atoms with Crippen LogP contribution < -0.4 is 0 Å². The fourth-order valence-corrected chi connectivity index (χ4v) is 0.483. The Morgan fingerprint density at radius 2 is 1.90 bits per heavy atom. The van der Waals surface area contributed by atoms with E-state index in [0.717, 1.165) is 0 Å². The van der Waals surface area contributed by atoms with Crippen LogP contribution >= 0.6 is 0 Å². The van der Waals surface area contributed by atoms with Gasteiger partial charge in [0.25, 0.3) is 0 Å². The Balaban J connectivity index is -0.000000163. The maximum Gasteiger partial charge on any atom is 0 e. The zero-order valence-electron chi connectivity index (χ0n) is 6.46. The monoisotopic (exact) mass is 206 g/mol. The van der Waals surface area contributed by atoms with Gasteiger partial charge in [-0.2, -0.15) is 35.9 Å². The molecule has 50 valence electrons. The van der Waals surface area contributed by atoms with Gasteiger partial charge in [-0.15, -0.1) is 0 Å². The van der Waals surface area contributed by atoms with Gasteiger partial charge in [-0.1, -0.05) is 6.92 Å². The van der Waals surface area contributed by atoms with E-state index in [1.165, 1.54) is 5.56 Å². The maximum atomic E-state index is 3.03. The first-order valence-electron chi connectivity index (χ1n) is 2.33. The molecule has 0 N–H and O–H groups in total. The van der Waals surface area contributed by atoms with Gasteiger partial charge >= 0.3 is 0 Å². The molecule has 0 fully saturated rings. The molecule has 0 nitrogen and oxygen atoms in total. The van der Waals surface area contributed by atoms with Crippen LogP contribution in [0, 0.1) is 20.4 Å². The summed E-state index contributed by atoms with van der Waals surface area (Å²) < 4.78 is 0. The summed E-state index contributed by atoms with van der Waals surface area (Å²) >= 11 is 0. The Kier molecular flexibility index (Phi) is 15.7. The predicted molar refractivity (Wildman–Crippen MR) is 42.2 cm³/mol. The van der Waals surface area contributed by atoms with Crippen LogP contribution in [0.15, 0.2) is 24.3 Å². The van der Waals surface area contributed by atoms with Crippen molar-refractivity contribution in [1.82, 2.24) is 0 Å². The van der Waals surface area contributed by atoms with E-state index < -0.39 is 0 Å². The maximum absolute atomic E-state index is 3.03. The molecule has 0 bridgehead atoms. The molecule has 0 aromatic heterocycles. The minimum absolute atomic E-state index is 0. The Bertz CT molecular complexity index is 139. The molecular formula is C8H10BY-2. The van der Waals surface area contributed by atoms with E-state index in [1.54, 1.807) is 0 Å². The molecule has 0 heterocycles. The summed E-state index contributed by atoms with van der Waals surface area (Å²) in [5.41, 5.74) is 1.20. The molecule has 1 aromatic carbocycles. The molecule has 0 atom stereocenters. The zero-order chi connectivity index (χ0) is 5.11. The first-order valence-corrected chi connectivity index (χ1v) is 2.33. The van der Waals surface area contributed by atoms with E-state index in [4.69, 9.17) is 0 Å². The van der Waals surface area contributed by atoms with Gasteiger partial charge in [-0.25, -0.2) is 0 Å². The average molecular weight is 206 g/mol. The Labute approximate surface area is 90.9 Å². The van der Waals surface area contributed by atoms with Crippen LogP contribution in [0.2, 0.25) is 0 Å². The molecule has 4 radical (unpaired) electrons. The van der Waals surface area contributed by atoms with Crippen LogP contribution in [-0.2, 0) is 32.7 Å². The van der Waals surface area contributed by atoms with Gasteiger partial charge < -0.3 is 7.43 Å². The van der Waals surface area contributed by atoms with Crippen molar-refractivity contribution in [3.8, 4) is 0 Å². The molecule has 0 aliphatic rings. The van der Waals surface area contributed by atoms with E-state index in [-0.39, 0.29) is 48.5 Å². The molecule has 0 aliphatic heterocycles. The fraction of sp³-hybridized carbons (Fsp3) is 0.125. The second-order valence-corrected chi connectivity index (χ2v) is 1.55. The van der Waals surface area contributed by atoms with Crippen LogP contribution in [0.4, 0.5) is 0 Å². The number of benzene rings is 1. The van der Waals surface area contributed by atoms with Gasteiger partial charge in [-0.05, 0) is 0 Å². The van der Waals surface area contributed by atoms with Gasteiger partial charge in [0, 0.05) is 41.1 Å². The SMILES string of the molecule is Cc1[c-]cccc1.[B].[CH3-].[Y]. The van der Waals surface area contributed by atoms with Crippen LogP contribution in [-0.4, -0.2) is 8.41 Å². The first-order chi connectivity index (χ1) is 3.39. The van der Waals surface area contributed by atoms with Gasteiger partial charge in [0.1, 0.15) is 0 Å². The van der Waals surface area contributed by atoms with E-state index >= 15 is 0 Å². The van der Waals surface area contributed by atoms with Crippen LogP contribution in [0.5, 0.6) is 0 Å². The standard InChI is InChI=1S/C7H7.CH3.B.Y/c1-7-5-3-2-4-6-7;;;/h2-5H,1H3;1H3;;/q2*-1;;. The Morgan fingerprint density at radius 3 is 2.10 bits per heavy atom. The summed E-state index contributed by atoms with van der Waals surface area (Å²) in [7, 11) is 0. The third kappa shape index (κ3) is 6.51. The molecule has 0 unspecified atom stereocenters. The number of hydrogen-bond acceptors (Lipinski definition) is 0. The largest absolute Gasteiger partial charge is 0.358 e. The van der Waals surface area contributed by atoms with Gasteiger partial charge in [-0.3, -0.25) is 0 Å². The normalized spacial score (nSPS) is 6.10. The van der Waals surface area contributed by atoms with Gasteiger partial charge in [0.05, 0.1) is 0 Å². The van der Waals surface area contributed by atoms with E-state index in [1.807, 2.05) is 31.2 Å². The summed E-state index contributed by atoms with van der Waals surface area (Å²) in [6.07, 6.45) is 0. The van der Waals surface area contributed by atoms with Crippen LogP contribution in [0.25, 0.3) is 0 Å². The van der Waals surface area contributed by atoms with Crippen molar-refractivity contribution in [3.05, 3.63) is 43.3 Å². The molecule has 0 spiro atoms. The molecule has 1 aromatic rings. The summed E-state index contributed by atoms with van der Waals surface area (Å²) in [6, 6.07) is 10.9. The topological polar surface area (TPSA) is 0 Å². The fourth-order valence-electron chi connectivity index (χ4n) is 0.483. The Hall–Kier alpha value is 0.389. The van der Waals surface area contributed by atoms with Gasteiger partial charge in [0.2, 0.25) is 0 Å². The number of rotatable bonds is 0. The minimum atomic E-state index is 0. The second-order valence-electron chi connectivity index (χ2n) is 1.55. The van der Waals surface area contributed by atoms with Crippen LogP contribution in [0.1, 0.15) is 5.56 Å². The molecule has 1 rings (SSSR count). The first kappa shape index (κ1) is 16.8. The van der Waals surface area contributed by atoms with Crippen molar-refractivity contribution in [2.24, 2.45) is 0 Å². The van der Waals surface area contributed by atoms with Crippen molar-refractivity contribution in [1.29, 1.82) is 0 Å². The number of hydrogen-bond donors (Lipinski definition) is 0. The molecule has 10 heavy (non-hydrogen) atoms. The molecular weight excluding hydrogens is 196 g/mol. The molecule has 0 aliphatic carbocycles. The summed E-state index contributed by atoms with van der Waals surface area (Å²) in [4.78, 5) is 0. The summed E-state index contributed by atoms with van der Waals surface area (Å²) in [5, 5.41) is 0. The predicted octanol–water partition coefficient (Wildman–Crippen LogP) is 1.86. The van der Waals surface area contributed by atoms with Crippen molar-refractivity contribution in [2.75, 3.05) is 0 Å².